The van der Waals surface area contributed by atoms with Gasteiger partial charge in [-0.2, -0.15) is 0 Å². The molecule has 5 heteroatoms. The predicted octanol–water partition coefficient (Wildman–Crippen LogP) is 1.75. The summed E-state index contributed by atoms with van der Waals surface area (Å²) in [6.07, 6.45) is 1.23. The highest BCUT2D eigenvalue weighted by Gasteiger charge is 2.11. The van der Waals surface area contributed by atoms with Crippen LogP contribution in [0.5, 0.6) is 5.75 Å². The van der Waals surface area contributed by atoms with Gasteiger partial charge in [0.25, 0.3) is 0 Å². The molecule has 2 aromatic rings. The van der Waals surface area contributed by atoms with Crippen molar-refractivity contribution in [1.29, 1.82) is 0 Å². The minimum absolute atomic E-state index is 0.0332. The van der Waals surface area contributed by atoms with Gasteiger partial charge in [-0.15, -0.1) is 0 Å². The van der Waals surface area contributed by atoms with Crippen LogP contribution in [-0.4, -0.2) is 22.1 Å². The maximum absolute atomic E-state index is 8.57. The number of nitrogens with zero attached hydrogens (tertiary/aromatic N) is 2. The van der Waals surface area contributed by atoms with Crippen LogP contribution < -0.4 is 10.5 Å². The number of nitrogens with two attached hydrogens (primary N) is 1. The Morgan fingerprint density at radius 3 is 3.00 bits per heavy atom. The van der Waals surface area contributed by atoms with Gasteiger partial charge in [-0.05, 0) is 31.2 Å². The van der Waals surface area contributed by atoms with Crippen molar-refractivity contribution in [1.82, 2.24) is 4.98 Å². The Kier molecular flexibility index (Phi) is 3.09. The molecule has 0 saturated heterocycles. The summed E-state index contributed by atoms with van der Waals surface area (Å²) in [5, 5.41) is 12.4. The topological polar surface area (TPSA) is 80.7 Å². The van der Waals surface area contributed by atoms with Crippen LogP contribution in [0.15, 0.2) is 41.7 Å². The number of aromatic nitrogens is 1. The Bertz CT molecular complexity index is 549. The summed E-state index contributed by atoms with van der Waals surface area (Å²) in [5.41, 5.74) is 6.31. The molecule has 0 radical (unpaired) electrons. The largest absolute Gasteiger partial charge is 0.482 e. The summed E-state index contributed by atoms with van der Waals surface area (Å²) in [5.74, 6) is 0.695. The molecule has 5 nitrogen and oxygen atoms in total. The standard InChI is InChI=1S/C12H13N3O2/c1-8(12(13)15-16)17-11-6-2-5-10-9(11)4-3-7-14-10/h2-8,16H,1H3,(H2,13,15). The van der Waals surface area contributed by atoms with E-state index < -0.39 is 6.10 Å². The van der Waals surface area contributed by atoms with Crippen LogP contribution in [0.4, 0.5) is 0 Å². The van der Waals surface area contributed by atoms with Crippen molar-refractivity contribution in [3.63, 3.8) is 0 Å². The number of hydrogen-bond acceptors (Lipinski definition) is 4. The van der Waals surface area contributed by atoms with E-state index >= 15 is 0 Å². The van der Waals surface area contributed by atoms with Crippen LogP contribution in [0.1, 0.15) is 6.92 Å². The minimum Gasteiger partial charge on any atom is -0.482 e. The highest BCUT2D eigenvalue weighted by molar-refractivity contribution is 5.87. The van der Waals surface area contributed by atoms with Crippen LogP contribution in [0.25, 0.3) is 10.9 Å². The third-order valence-electron chi connectivity index (χ3n) is 2.44. The average molecular weight is 231 g/mol. The van der Waals surface area contributed by atoms with Crippen LogP contribution in [0.3, 0.4) is 0 Å². The zero-order valence-corrected chi connectivity index (χ0v) is 9.37. The van der Waals surface area contributed by atoms with Gasteiger partial charge in [-0.25, -0.2) is 0 Å². The second-order valence-corrected chi connectivity index (χ2v) is 3.61. The van der Waals surface area contributed by atoms with E-state index in [1.54, 1.807) is 13.1 Å². The van der Waals surface area contributed by atoms with Gasteiger partial charge in [-0.3, -0.25) is 4.98 Å². The van der Waals surface area contributed by atoms with E-state index in [0.29, 0.717) is 5.75 Å². The molecule has 0 bridgehead atoms. The molecule has 1 aromatic heterocycles. The molecule has 0 amide bonds. The number of oxime groups is 1. The first-order chi connectivity index (χ1) is 8.22. The second-order valence-electron chi connectivity index (χ2n) is 3.61. The smallest absolute Gasteiger partial charge is 0.180 e. The Morgan fingerprint density at radius 2 is 2.24 bits per heavy atom. The summed E-state index contributed by atoms with van der Waals surface area (Å²) in [7, 11) is 0. The molecule has 1 unspecified atom stereocenters. The van der Waals surface area contributed by atoms with Crippen molar-refractivity contribution in [2.45, 2.75) is 13.0 Å². The molecule has 3 N–H and O–H groups in total. The first-order valence-corrected chi connectivity index (χ1v) is 5.20. The van der Waals surface area contributed by atoms with Gasteiger partial charge >= 0.3 is 0 Å². The van der Waals surface area contributed by atoms with Gasteiger partial charge in [0.1, 0.15) is 5.75 Å². The van der Waals surface area contributed by atoms with E-state index in [0.717, 1.165) is 10.9 Å². The van der Waals surface area contributed by atoms with Crippen molar-refractivity contribution >= 4 is 16.7 Å². The minimum atomic E-state index is -0.495. The van der Waals surface area contributed by atoms with Gasteiger partial charge in [0.05, 0.1) is 5.52 Å². The lowest BCUT2D eigenvalue weighted by Crippen LogP contribution is -2.31. The summed E-state index contributed by atoms with van der Waals surface area (Å²) in [4.78, 5) is 4.22. The Hall–Kier alpha value is -2.30. The van der Waals surface area contributed by atoms with E-state index in [2.05, 4.69) is 10.1 Å². The van der Waals surface area contributed by atoms with Crippen molar-refractivity contribution in [3.8, 4) is 5.75 Å². The summed E-state index contributed by atoms with van der Waals surface area (Å²) in [6.45, 7) is 1.71. The highest BCUT2D eigenvalue weighted by Crippen LogP contribution is 2.24. The molecule has 0 aliphatic carbocycles. The number of rotatable bonds is 3. The maximum Gasteiger partial charge on any atom is 0.180 e. The molecule has 17 heavy (non-hydrogen) atoms. The number of benzene rings is 1. The normalized spacial score (nSPS) is 13.6. The van der Waals surface area contributed by atoms with E-state index in [4.69, 9.17) is 15.7 Å². The first kappa shape index (κ1) is 11.2. The fraction of sp³-hybridized carbons (Fsp3) is 0.167. The first-order valence-electron chi connectivity index (χ1n) is 5.20. The monoisotopic (exact) mass is 231 g/mol. The zero-order chi connectivity index (χ0) is 12.3. The lowest BCUT2D eigenvalue weighted by Gasteiger charge is -2.14. The summed E-state index contributed by atoms with van der Waals surface area (Å²) in [6, 6.07) is 9.32. The molecule has 1 aromatic carbocycles. The predicted molar refractivity (Wildman–Crippen MR) is 65.2 cm³/mol. The molecule has 2 rings (SSSR count). The van der Waals surface area contributed by atoms with E-state index in [-0.39, 0.29) is 5.84 Å². The SMILES string of the molecule is CC(Oc1cccc2ncccc12)/C(N)=N\O. The number of amidine groups is 1. The van der Waals surface area contributed by atoms with Crippen LogP contribution in [0, 0.1) is 0 Å². The molecule has 0 aliphatic heterocycles. The molecule has 0 fully saturated rings. The van der Waals surface area contributed by atoms with Gasteiger partial charge in [-0.1, -0.05) is 11.2 Å². The summed E-state index contributed by atoms with van der Waals surface area (Å²) >= 11 is 0. The molecule has 0 spiro atoms. The Balaban J connectivity index is 2.36. The lowest BCUT2D eigenvalue weighted by molar-refractivity contribution is 0.268. The van der Waals surface area contributed by atoms with E-state index in [1.807, 2.05) is 30.3 Å². The Morgan fingerprint density at radius 1 is 1.41 bits per heavy atom. The second kappa shape index (κ2) is 4.69. The summed E-state index contributed by atoms with van der Waals surface area (Å²) < 4.78 is 5.62. The van der Waals surface area contributed by atoms with Gasteiger partial charge < -0.3 is 15.7 Å². The van der Waals surface area contributed by atoms with Crippen molar-refractivity contribution in [2.24, 2.45) is 10.9 Å². The molecule has 1 heterocycles. The van der Waals surface area contributed by atoms with Gasteiger partial charge in [0.15, 0.2) is 11.9 Å². The third kappa shape index (κ3) is 2.28. The van der Waals surface area contributed by atoms with Crippen molar-refractivity contribution < 1.29 is 9.94 Å². The Labute approximate surface area is 98.5 Å². The fourth-order valence-corrected chi connectivity index (χ4v) is 1.51. The molecular weight excluding hydrogens is 218 g/mol. The third-order valence-corrected chi connectivity index (χ3v) is 2.44. The number of hydrogen-bond donors (Lipinski definition) is 2. The molecular formula is C12H13N3O2. The van der Waals surface area contributed by atoms with Crippen LogP contribution >= 0.6 is 0 Å². The lowest BCUT2D eigenvalue weighted by atomic mass is 10.2. The van der Waals surface area contributed by atoms with Crippen LogP contribution in [0.2, 0.25) is 0 Å². The number of fused-ring (bicyclic) bond motifs is 1. The molecule has 0 aliphatic rings. The maximum atomic E-state index is 8.57. The van der Waals surface area contributed by atoms with Crippen molar-refractivity contribution in [3.05, 3.63) is 36.5 Å². The number of pyridine rings is 1. The van der Waals surface area contributed by atoms with Crippen molar-refractivity contribution in [2.75, 3.05) is 0 Å². The fourth-order valence-electron chi connectivity index (χ4n) is 1.51. The van der Waals surface area contributed by atoms with E-state index in [1.165, 1.54) is 0 Å². The highest BCUT2D eigenvalue weighted by atomic mass is 16.5. The molecule has 0 saturated carbocycles. The molecule has 1 atom stereocenters. The van der Waals surface area contributed by atoms with Gasteiger partial charge in [0, 0.05) is 11.6 Å². The van der Waals surface area contributed by atoms with Gasteiger partial charge in [0.2, 0.25) is 0 Å². The number of ether oxygens (including phenoxy) is 1. The van der Waals surface area contributed by atoms with E-state index in [9.17, 15) is 0 Å². The quantitative estimate of drug-likeness (QED) is 0.365. The average Bonchev–Trinajstić information content (AvgIpc) is 2.38. The zero-order valence-electron chi connectivity index (χ0n) is 9.37. The van der Waals surface area contributed by atoms with Crippen LogP contribution in [-0.2, 0) is 0 Å². The molecule has 88 valence electrons.